The second-order valence-electron chi connectivity index (χ2n) is 6.31. The molecule has 8 nitrogen and oxygen atoms in total. The molecule has 164 valence electrons. The van der Waals surface area contributed by atoms with E-state index in [0.29, 0.717) is 19.0 Å². The number of sulfonamides is 1. The molecule has 0 saturated carbocycles. The van der Waals surface area contributed by atoms with Crippen LogP contribution >= 0.6 is 23.4 Å². The standard InChI is InChI=1S/C20H21ClN4O4S2/c1-3-25(4-2)31(27,28)15-10-11-16(21)17(12-15)22-18(26)13-30-20-24-23-19(29-20)14-8-6-5-7-9-14/h5-12H,3-4,13H2,1-2H3,(H,22,26). The number of benzene rings is 2. The Bertz CT molecular complexity index is 1150. The Kier molecular flexibility index (Phi) is 7.71. The summed E-state index contributed by atoms with van der Waals surface area (Å²) < 4.78 is 32.3. The third-order valence-electron chi connectivity index (χ3n) is 4.31. The fraction of sp³-hybridized carbons (Fsp3) is 0.250. The Labute approximate surface area is 190 Å². The van der Waals surface area contributed by atoms with Crippen molar-refractivity contribution in [2.24, 2.45) is 0 Å². The first-order valence-electron chi connectivity index (χ1n) is 9.46. The molecule has 0 fully saturated rings. The van der Waals surface area contributed by atoms with E-state index in [1.54, 1.807) is 13.8 Å². The molecule has 11 heteroatoms. The molecular weight excluding hydrogens is 460 g/mol. The van der Waals surface area contributed by atoms with E-state index in [2.05, 4.69) is 15.5 Å². The fourth-order valence-corrected chi connectivity index (χ4v) is 4.97. The number of rotatable bonds is 9. The van der Waals surface area contributed by atoms with Crippen LogP contribution in [0.5, 0.6) is 0 Å². The maximum absolute atomic E-state index is 12.7. The molecule has 0 aliphatic heterocycles. The van der Waals surface area contributed by atoms with Crippen molar-refractivity contribution < 1.29 is 17.6 Å². The van der Waals surface area contributed by atoms with Gasteiger partial charge in [-0.05, 0) is 30.3 Å². The van der Waals surface area contributed by atoms with Crippen LogP contribution in [-0.2, 0) is 14.8 Å². The first kappa shape index (κ1) is 23.3. The average molecular weight is 481 g/mol. The summed E-state index contributed by atoms with van der Waals surface area (Å²) in [4.78, 5) is 12.4. The maximum Gasteiger partial charge on any atom is 0.277 e. The van der Waals surface area contributed by atoms with Crippen molar-refractivity contribution in [2.75, 3.05) is 24.2 Å². The van der Waals surface area contributed by atoms with Gasteiger partial charge in [0.05, 0.1) is 21.4 Å². The lowest BCUT2D eigenvalue weighted by Crippen LogP contribution is -2.30. The zero-order valence-corrected chi connectivity index (χ0v) is 19.3. The second kappa shape index (κ2) is 10.3. The molecule has 0 spiro atoms. The molecule has 1 aromatic heterocycles. The van der Waals surface area contributed by atoms with Gasteiger partial charge in [-0.25, -0.2) is 8.42 Å². The van der Waals surface area contributed by atoms with Crippen LogP contribution in [0.25, 0.3) is 11.5 Å². The Hall–Kier alpha value is -2.40. The van der Waals surface area contributed by atoms with Crippen molar-refractivity contribution in [3.8, 4) is 11.5 Å². The topological polar surface area (TPSA) is 105 Å². The molecule has 0 saturated heterocycles. The Morgan fingerprint density at radius 3 is 2.52 bits per heavy atom. The first-order chi connectivity index (χ1) is 14.8. The zero-order valence-electron chi connectivity index (χ0n) is 16.9. The van der Waals surface area contributed by atoms with Gasteiger partial charge in [0, 0.05) is 18.7 Å². The number of anilines is 1. The first-order valence-corrected chi connectivity index (χ1v) is 12.3. The van der Waals surface area contributed by atoms with Crippen LogP contribution in [0.4, 0.5) is 5.69 Å². The number of carbonyl (C=O) groups excluding carboxylic acids is 1. The zero-order chi connectivity index (χ0) is 22.4. The van der Waals surface area contributed by atoms with Gasteiger partial charge in [-0.1, -0.05) is 55.4 Å². The van der Waals surface area contributed by atoms with Crippen molar-refractivity contribution in [1.82, 2.24) is 14.5 Å². The molecule has 1 amide bonds. The highest BCUT2D eigenvalue weighted by molar-refractivity contribution is 7.99. The highest BCUT2D eigenvalue weighted by Gasteiger charge is 2.23. The van der Waals surface area contributed by atoms with Gasteiger partial charge >= 0.3 is 0 Å². The smallest absolute Gasteiger partial charge is 0.277 e. The normalized spacial score (nSPS) is 11.6. The van der Waals surface area contributed by atoms with Crippen LogP contribution in [0.2, 0.25) is 5.02 Å². The Morgan fingerprint density at radius 1 is 1.13 bits per heavy atom. The fourth-order valence-electron chi connectivity index (χ4n) is 2.75. The number of amides is 1. The molecule has 31 heavy (non-hydrogen) atoms. The molecule has 1 heterocycles. The molecule has 0 bridgehead atoms. The Balaban J connectivity index is 1.66. The van der Waals surface area contributed by atoms with Crippen LogP contribution in [0.15, 0.2) is 63.1 Å². The predicted octanol–water partition coefficient (Wildman–Crippen LogP) is 4.15. The van der Waals surface area contributed by atoms with E-state index in [1.165, 1.54) is 22.5 Å². The van der Waals surface area contributed by atoms with E-state index in [4.69, 9.17) is 16.0 Å². The van der Waals surface area contributed by atoms with Crippen LogP contribution in [0.3, 0.4) is 0 Å². The summed E-state index contributed by atoms with van der Waals surface area (Å²) in [5.41, 5.74) is 1.00. The van der Waals surface area contributed by atoms with Crippen molar-refractivity contribution in [3.63, 3.8) is 0 Å². The third kappa shape index (κ3) is 5.65. The minimum absolute atomic E-state index is 0.0141. The molecule has 0 unspecified atom stereocenters. The van der Waals surface area contributed by atoms with Gasteiger partial charge in [0.15, 0.2) is 0 Å². The summed E-state index contributed by atoms with van der Waals surface area (Å²) in [5, 5.41) is 11.0. The summed E-state index contributed by atoms with van der Waals surface area (Å²) >= 11 is 7.22. The molecule has 3 aromatic rings. The van der Waals surface area contributed by atoms with Crippen LogP contribution in [0.1, 0.15) is 13.8 Å². The summed E-state index contributed by atoms with van der Waals surface area (Å²) in [7, 11) is -3.67. The van der Waals surface area contributed by atoms with Crippen LogP contribution < -0.4 is 5.32 Å². The van der Waals surface area contributed by atoms with Gasteiger partial charge in [-0.15, -0.1) is 10.2 Å². The van der Waals surface area contributed by atoms with E-state index in [1.807, 2.05) is 30.3 Å². The van der Waals surface area contributed by atoms with Crippen LogP contribution in [-0.4, -0.2) is 47.7 Å². The minimum atomic E-state index is -3.67. The predicted molar refractivity (Wildman–Crippen MR) is 121 cm³/mol. The van der Waals surface area contributed by atoms with Crippen LogP contribution in [0, 0.1) is 0 Å². The van der Waals surface area contributed by atoms with Gasteiger partial charge in [-0.2, -0.15) is 4.31 Å². The molecule has 0 aliphatic carbocycles. The van der Waals surface area contributed by atoms with Crippen molar-refractivity contribution >= 4 is 45.0 Å². The lowest BCUT2D eigenvalue weighted by atomic mass is 10.2. The summed E-state index contributed by atoms with van der Waals surface area (Å²) in [5.74, 6) is -0.0376. The van der Waals surface area contributed by atoms with Crippen molar-refractivity contribution in [2.45, 2.75) is 24.0 Å². The van der Waals surface area contributed by atoms with E-state index in [-0.39, 0.29) is 32.5 Å². The molecule has 0 atom stereocenters. The molecule has 0 radical (unpaired) electrons. The molecule has 1 N–H and O–H groups in total. The third-order valence-corrected chi connectivity index (χ3v) is 7.50. The van der Waals surface area contributed by atoms with Gasteiger partial charge in [0.1, 0.15) is 0 Å². The number of aromatic nitrogens is 2. The van der Waals surface area contributed by atoms with Crippen molar-refractivity contribution in [1.29, 1.82) is 0 Å². The lowest BCUT2D eigenvalue weighted by molar-refractivity contribution is -0.113. The number of nitrogens with zero attached hydrogens (tertiary/aromatic N) is 3. The minimum Gasteiger partial charge on any atom is -0.411 e. The molecule has 0 aliphatic rings. The number of nitrogens with one attached hydrogen (secondary N) is 1. The SMILES string of the molecule is CCN(CC)S(=O)(=O)c1ccc(Cl)c(NC(=O)CSc2nnc(-c3ccccc3)o2)c1. The number of carbonyl (C=O) groups is 1. The maximum atomic E-state index is 12.7. The van der Waals surface area contributed by atoms with Gasteiger partial charge in [-0.3, -0.25) is 4.79 Å². The van der Waals surface area contributed by atoms with Gasteiger partial charge < -0.3 is 9.73 Å². The van der Waals surface area contributed by atoms with Gasteiger partial charge in [0.25, 0.3) is 5.22 Å². The van der Waals surface area contributed by atoms with E-state index in [9.17, 15) is 13.2 Å². The summed E-state index contributed by atoms with van der Waals surface area (Å²) in [6.07, 6.45) is 0. The van der Waals surface area contributed by atoms with E-state index < -0.39 is 10.0 Å². The molecule has 3 rings (SSSR count). The number of thioether (sulfide) groups is 1. The average Bonchev–Trinajstić information content (AvgIpc) is 3.24. The highest BCUT2D eigenvalue weighted by atomic mass is 35.5. The lowest BCUT2D eigenvalue weighted by Gasteiger charge is -2.19. The molecular formula is C20H21ClN4O4S2. The number of hydrogen-bond acceptors (Lipinski definition) is 7. The highest BCUT2D eigenvalue weighted by Crippen LogP contribution is 2.28. The largest absolute Gasteiger partial charge is 0.411 e. The second-order valence-corrected chi connectivity index (χ2v) is 9.58. The summed E-state index contributed by atoms with van der Waals surface area (Å²) in [6, 6.07) is 13.5. The van der Waals surface area contributed by atoms with Crippen molar-refractivity contribution in [3.05, 3.63) is 53.6 Å². The van der Waals surface area contributed by atoms with Gasteiger partial charge in [0.2, 0.25) is 21.8 Å². The summed E-state index contributed by atoms with van der Waals surface area (Å²) in [6.45, 7) is 4.21. The number of hydrogen-bond donors (Lipinski definition) is 1. The molecule has 2 aromatic carbocycles. The van der Waals surface area contributed by atoms with E-state index in [0.717, 1.165) is 17.3 Å². The Morgan fingerprint density at radius 2 is 1.84 bits per heavy atom. The quantitative estimate of drug-likeness (QED) is 0.458. The van der Waals surface area contributed by atoms with E-state index >= 15 is 0 Å². The number of halogens is 1. The monoisotopic (exact) mass is 480 g/mol.